The largest absolute Gasteiger partial charge is 0.495 e. The Kier molecular flexibility index (Phi) is 5.22. The molecule has 0 saturated carbocycles. The van der Waals surface area contributed by atoms with Crippen LogP contribution in [-0.4, -0.2) is 27.2 Å². The van der Waals surface area contributed by atoms with E-state index in [1.54, 1.807) is 13.2 Å². The maximum atomic E-state index is 13.2. The van der Waals surface area contributed by atoms with Gasteiger partial charge < -0.3 is 15.4 Å². The van der Waals surface area contributed by atoms with Crippen LogP contribution >= 0.6 is 0 Å². The molecule has 1 rings (SSSR count). The molecule has 4 heteroatoms. The van der Waals surface area contributed by atoms with Crippen LogP contribution in [0.4, 0.5) is 10.1 Å². The maximum absolute atomic E-state index is 13.2. The van der Waals surface area contributed by atoms with Crippen LogP contribution in [0.25, 0.3) is 0 Å². The monoisotopic (exact) mass is 240 g/mol. The zero-order chi connectivity index (χ0) is 12.8. The lowest BCUT2D eigenvalue weighted by Gasteiger charge is -2.25. The van der Waals surface area contributed by atoms with Crippen LogP contribution in [0.1, 0.15) is 13.3 Å². The quantitative estimate of drug-likeness (QED) is 0.829. The molecule has 0 spiro atoms. The average Bonchev–Trinajstić information content (AvgIpc) is 2.29. The van der Waals surface area contributed by atoms with Gasteiger partial charge in [-0.05, 0) is 31.0 Å². The number of anilines is 1. The minimum absolute atomic E-state index is 0.251. The average molecular weight is 240 g/mol. The number of methoxy groups -OCH3 is 1. The standard InChI is InChI=1S/C13H21FN2O/c1-10(6-7-15)9-16(2)12-8-11(14)4-5-13(12)17-3/h4-5,8,10H,6-7,9,15H2,1-3H3. The van der Waals surface area contributed by atoms with Crippen LogP contribution in [0.2, 0.25) is 0 Å². The summed E-state index contributed by atoms with van der Waals surface area (Å²) in [7, 11) is 3.53. The molecule has 1 aromatic carbocycles. The predicted octanol–water partition coefficient (Wildman–Crippen LogP) is 2.26. The zero-order valence-electron chi connectivity index (χ0n) is 10.7. The van der Waals surface area contributed by atoms with Crippen molar-refractivity contribution in [1.82, 2.24) is 0 Å². The molecule has 0 fully saturated rings. The van der Waals surface area contributed by atoms with Crippen LogP contribution in [-0.2, 0) is 0 Å². The van der Waals surface area contributed by atoms with Gasteiger partial charge >= 0.3 is 0 Å². The fourth-order valence-corrected chi connectivity index (χ4v) is 1.90. The van der Waals surface area contributed by atoms with Crippen molar-refractivity contribution in [1.29, 1.82) is 0 Å². The third kappa shape index (κ3) is 3.89. The Hall–Kier alpha value is -1.29. The molecule has 1 atom stereocenters. The minimum atomic E-state index is -0.251. The third-order valence-corrected chi connectivity index (χ3v) is 2.80. The van der Waals surface area contributed by atoms with E-state index in [1.807, 2.05) is 11.9 Å². The van der Waals surface area contributed by atoms with Gasteiger partial charge in [0, 0.05) is 19.7 Å². The summed E-state index contributed by atoms with van der Waals surface area (Å²) in [5.74, 6) is 0.908. The van der Waals surface area contributed by atoms with Crippen LogP contribution in [0.15, 0.2) is 18.2 Å². The number of benzene rings is 1. The van der Waals surface area contributed by atoms with E-state index in [0.717, 1.165) is 18.7 Å². The van der Waals surface area contributed by atoms with Crippen LogP contribution in [0.5, 0.6) is 5.75 Å². The van der Waals surface area contributed by atoms with Crippen molar-refractivity contribution in [3.05, 3.63) is 24.0 Å². The van der Waals surface area contributed by atoms with Crippen LogP contribution in [0, 0.1) is 11.7 Å². The van der Waals surface area contributed by atoms with Gasteiger partial charge in [-0.2, -0.15) is 0 Å². The van der Waals surface area contributed by atoms with Crippen LogP contribution in [0.3, 0.4) is 0 Å². The van der Waals surface area contributed by atoms with Crippen molar-refractivity contribution in [3.8, 4) is 5.75 Å². The van der Waals surface area contributed by atoms with Gasteiger partial charge in [0.1, 0.15) is 11.6 Å². The second-order valence-electron chi connectivity index (χ2n) is 4.38. The van der Waals surface area contributed by atoms with E-state index in [9.17, 15) is 4.39 Å². The third-order valence-electron chi connectivity index (χ3n) is 2.80. The topological polar surface area (TPSA) is 38.5 Å². The van der Waals surface area contributed by atoms with Gasteiger partial charge in [-0.1, -0.05) is 6.92 Å². The normalized spacial score (nSPS) is 12.3. The predicted molar refractivity (Wildman–Crippen MR) is 69.1 cm³/mol. The molecule has 1 unspecified atom stereocenters. The Morgan fingerprint density at radius 2 is 2.18 bits per heavy atom. The SMILES string of the molecule is COc1ccc(F)cc1N(C)CC(C)CCN. The van der Waals surface area contributed by atoms with Gasteiger partial charge in [-0.25, -0.2) is 4.39 Å². The molecule has 0 bridgehead atoms. The van der Waals surface area contributed by atoms with E-state index in [1.165, 1.54) is 12.1 Å². The Morgan fingerprint density at radius 1 is 1.47 bits per heavy atom. The molecular formula is C13H21FN2O. The van der Waals surface area contributed by atoms with Gasteiger partial charge in [0.25, 0.3) is 0 Å². The molecular weight excluding hydrogens is 219 g/mol. The summed E-state index contributed by atoms with van der Waals surface area (Å²) >= 11 is 0. The number of hydrogen-bond donors (Lipinski definition) is 1. The van der Waals surface area contributed by atoms with Gasteiger partial charge in [0.15, 0.2) is 0 Å². The van der Waals surface area contributed by atoms with Crippen molar-refractivity contribution < 1.29 is 9.13 Å². The fraction of sp³-hybridized carbons (Fsp3) is 0.538. The number of ether oxygens (including phenoxy) is 1. The van der Waals surface area contributed by atoms with Crippen LogP contribution < -0.4 is 15.4 Å². The summed E-state index contributed by atoms with van der Waals surface area (Å²) in [4.78, 5) is 2.00. The molecule has 0 aromatic heterocycles. The van der Waals surface area contributed by atoms with Gasteiger partial charge in [-0.3, -0.25) is 0 Å². The Morgan fingerprint density at radius 3 is 2.76 bits per heavy atom. The molecule has 96 valence electrons. The van der Waals surface area contributed by atoms with E-state index in [2.05, 4.69) is 6.92 Å². The number of halogens is 1. The van der Waals surface area contributed by atoms with Crippen molar-refractivity contribution in [2.45, 2.75) is 13.3 Å². The highest BCUT2D eigenvalue weighted by atomic mass is 19.1. The highest BCUT2D eigenvalue weighted by Gasteiger charge is 2.12. The van der Waals surface area contributed by atoms with Gasteiger partial charge in [-0.15, -0.1) is 0 Å². The van der Waals surface area contributed by atoms with Gasteiger partial charge in [0.2, 0.25) is 0 Å². The summed E-state index contributed by atoms with van der Waals surface area (Å²) in [6.45, 7) is 3.64. The van der Waals surface area contributed by atoms with Crippen molar-refractivity contribution in [3.63, 3.8) is 0 Å². The Balaban J connectivity index is 2.79. The van der Waals surface area contributed by atoms with E-state index < -0.39 is 0 Å². The first-order chi connectivity index (χ1) is 8.08. The smallest absolute Gasteiger partial charge is 0.142 e. The maximum Gasteiger partial charge on any atom is 0.142 e. The summed E-state index contributed by atoms with van der Waals surface area (Å²) in [6.07, 6.45) is 0.960. The Labute approximate surface area is 102 Å². The summed E-state index contributed by atoms with van der Waals surface area (Å²) in [5.41, 5.74) is 6.30. The zero-order valence-corrected chi connectivity index (χ0v) is 10.7. The molecule has 3 nitrogen and oxygen atoms in total. The molecule has 0 heterocycles. The molecule has 0 aliphatic heterocycles. The number of nitrogens with two attached hydrogens (primary N) is 1. The molecule has 0 amide bonds. The van der Waals surface area contributed by atoms with E-state index in [0.29, 0.717) is 18.2 Å². The Bertz CT molecular complexity index is 357. The van der Waals surface area contributed by atoms with Crippen molar-refractivity contribution in [2.75, 3.05) is 32.1 Å². The second kappa shape index (κ2) is 6.45. The molecule has 17 heavy (non-hydrogen) atoms. The lowest BCUT2D eigenvalue weighted by atomic mass is 10.1. The molecule has 0 radical (unpaired) electrons. The van der Waals surface area contributed by atoms with Gasteiger partial charge in [0.05, 0.1) is 12.8 Å². The van der Waals surface area contributed by atoms with E-state index in [4.69, 9.17) is 10.5 Å². The van der Waals surface area contributed by atoms with E-state index in [-0.39, 0.29) is 5.82 Å². The van der Waals surface area contributed by atoms with Crippen molar-refractivity contribution in [2.24, 2.45) is 11.7 Å². The van der Waals surface area contributed by atoms with Crippen molar-refractivity contribution >= 4 is 5.69 Å². The number of nitrogens with zero attached hydrogens (tertiary/aromatic N) is 1. The highest BCUT2D eigenvalue weighted by molar-refractivity contribution is 5.58. The summed E-state index contributed by atoms with van der Waals surface area (Å²) in [6, 6.07) is 4.54. The fourth-order valence-electron chi connectivity index (χ4n) is 1.90. The molecule has 1 aromatic rings. The first-order valence-corrected chi connectivity index (χ1v) is 5.83. The molecule has 0 saturated heterocycles. The number of rotatable bonds is 6. The molecule has 2 N–H and O–H groups in total. The lowest BCUT2D eigenvalue weighted by molar-refractivity contribution is 0.412. The molecule has 0 aliphatic carbocycles. The number of hydrogen-bond acceptors (Lipinski definition) is 3. The second-order valence-corrected chi connectivity index (χ2v) is 4.38. The highest BCUT2D eigenvalue weighted by Crippen LogP contribution is 2.28. The first-order valence-electron chi connectivity index (χ1n) is 5.83. The summed E-state index contributed by atoms with van der Waals surface area (Å²) < 4.78 is 18.5. The van der Waals surface area contributed by atoms with E-state index >= 15 is 0 Å². The summed E-state index contributed by atoms with van der Waals surface area (Å²) in [5, 5.41) is 0. The molecule has 0 aliphatic rings. The first kappa shape index (κ1) is 13.8. The lowest BCUT2D eigenvalue weighted by Crippen LogP contribution is -2.25. The minimum Gasteiger partial charge on any atom is -0.495 e.